The Hall–Kier alpha value is -1.71. The summed E-state index contributed by atoms with van der Waals surface area (Å²) >= 11 is 6.55. The molecule has 1 heterocycles. The van der Waals surface area contributed by atoms with E-state index in [1.54, 1.807) is 0 Å². The van der Waals surface area contributed by atoms with Crippen molar-refractivity contribution >= 4 is 11.6 Å². The predicted molar refractivity (Wildman–Crippen MR) is 99.2 cm³/mol. The lowest BCUT2D eigenvalue weighted by molar-refractivity contribution is 0.242. The fraction of sp³-hybridized carbons (Fsp3) is 0.400. The molecule has 2 N–H and O–H groups in total. The third-order valence-electron chi connectivity index (χ3n) is 4.34. The van der Waals surface area contributed by atoms with Gasteiger partial charge in [0.2, 0.25) is 0 Å². The van der Waals surface area contributed by atoms with Crippen molar-refractivity contribution in [3.8, 4) is 22.6 Å². The fourth-order valence-corrected chi connectivity index (χ4v) is 3.34. The first-order chi connectivity index (χ1) is 11.7. The number of ether oxygens (including phenoxy) is 2. The van der Waals surface area contributed by atoms with E-state index in [0.717, 1.165) is 52.5 Å². The Labute approximate surface area is 148 Å². The minimum absolute atomic E-state index is 0.0221. The van der Waals surface area contributed by atoms with E-state index < -0.39 is 0 Å². The number of aryl methyl sites for hydroxylation is 1. The SMILES string of the molecule is CCCOc1cc2c(c(-c3ccc(CC)cc3Cl)c1)OC(CN)C2. The minimum Gasteiger partial charge on any atom is -0.494 e. The summed E-state index contributed by atoms with van der Waals surface area (Å²) in [5.41, 5.74) is 10.1. The van der Waals surface area contributed by atoms with Crippen LogP contribution in [0.25, 0.3) is 11.1 Å². The lowest BCUT2D eigenvalue weighted by Gasteiger charge is -2.15. The highest BCUT2D eigenvalue weighted by Gasteiger charge is 2.27. The fourth-order valence-electron chi connectivity index (χ4n) is 3.04. The van der Waals surface area contributed by atoms with Gasteiger partial charge in [-0.25, -0.2) is 0 Å². The van der Waals surface area contributed by atoms with Crippen molar-refractivity contribution in [2.75, 3.05) is 13.2 Å². The zero-order valence-electron chi connectivity index (χ0n) is 14.3. The Balaban J connectivity index is 2.07. The number of hydrogen-bond acceptors (Lipinski definition) is 3. The molecular weight excluding hydrogens is 322 g/mol. The highest BCUT2D eigenvalue weighted by molar-refractivity contribution is 6.33. The molecule has 4 heteroatoms. The Kier molecular flexibility index (Phi) is 5.32. The van der Waals surface area contributed by atoms with Crippen LogP contribution in [0.3, 0.4) is 0 Å². The molecule has 0 amide bonds. The lowest BCUT2D eigenvalue weighted by Crippen LogP contribution is -2.24. The quantitative estimate of drug-likeness (QED) is 0.830. The monoisotopic (exact) mass is 345 g/mol. The van der Waals surface area contributed by atoms with Crippen LogP contribution in [-0.4, -0.2) is 19.3 Å². The van der Waals surface area contributed by atoms with E-state index in [9.17, 15) is 0 Å². The van der Waals surface area contributed by atoms with Gasteiger partial charge in [-0.1, -0.05) is 37.6 Å². The Bertz CT molecular complexity index is 730. The van der Waals surface area contributed by atoms with Crippen LogP contribution >= 0.6 is 11.6 Å². The van der Waals surface area contributed by atoms with E-state index in [0.29, 0.717) is 13.2 Å². The molecule has 1 aliphatic rings. The van der Waals surface area contributed by atoms with Crippen molar-refractivity contribution in [3.63, 3.8) is 0 Å². The maximum absolute atomic E-state index is 6.55. The molecule has 0 spiro atoms. The predicted octanol–water partition coefficient (Wildman–Crippen LogP) is 4.62. The summed E-state index contributed by atoms with van der Waals surface area (Å²) in [7, 11) is 0. The molecule has 3 nitrogen and oxygen atoms in total. The molecular formula is C20H24ClNO2. The highest BCUT2D eigenvalue weighted by atomic mass is 35.5. The second-order valence-corrected chi connectivity index (χ2v) is 6.56. The maximum Gasteiger partial charge on any atom is 0.131 e. The lowest BCUT2D eigenvalue weighted by atomic mass is 9.98. The zero-order chi connectivity index (χ0) is 17.1. The summed E-state index contributed by atoms with van der Waals surface area (Å²) in [5, 5.41) is 0.740. The largest absolute Gasteiger partial charge is 0.494 e. The Morgan fingerprint density at radius 3 is 2.71 bits per heavy atom. The number of fused-ring (bicyclic) bond motifs is 1. The third kappa shape index (κ3) is 3.38. The molecule has 0 aliphatic carbocycles. The average molecular weight is 346 g/mol. The van der Waals surface area contributed by atoms with E-state index in [1.807, 2.05) is 12.1 Å². The molecule has 0 bridgehead atoms. The number of hydrogen-bond donors (Lipinski definition) is 1. The number of benzene rings is 2. The van der Waals surface area contributed by atoms with Gasteiger partial charge in [-0.15, -0.1) is 0 Å². The van der Waals surface area contributed by atoms with Crippen LogP contribution in [0.4, 0.5) is 0 Å². The molecule has 0 aromatic heterocycles. The average Bonchev–Trinajstić information content (AvgIpc) is 3.02. The van der Waals surface area contributed by atoms with Gasteiger partial charge in [0, 0.05) is 34.7 Å². The van der Waals surface area contributed by atoms with Gasteiger partial charge in [0.1, 0.15) is 17.6 Å². The van der Waals surface area contributed by atoms with E-state index in [2.05, 4.69) is 32.0 Å². The van der Waals surface area contributed by atoms with Gasteiger partial charge >= 0.3 is 0 Å². The van der Waals surface area contributed by atoms with Gasteiger partial charge in [-0.3, -0.25) is 0 Å². The standard InChI is InChI=1S/C20H24ClNO2/c1-3-7-23-15-9-14-10-16(12-22)24-20(14)18(11-15)17-6-5-13(4-2)8-19(17)21/h5-6,8-9,11,16H,3-4,7,10,12,22H2,1-2H3. The van der Waals surface area contributed by atoms with E-state index in [4.69, 9.17) is 26.8 Å². The van der Waals surface area contributed by atoms with Crippen molar-refractivity contribution < 1.29 is 9.47 Å². The molecule has 3 rings (SSSR count). The summed E-state index contributed by atoms with van der Waals surface area (Å²) in [6, 6.07) is 10.3. The Morgan fingerprint density at radius 2 is 2.04 bits per heavy atom. The minimum atomic E-state index is 0.0221. The summed E-state index contributed by atoms with van der Waals surface area (Å²) < 4.78 is 11.9. The van der Waals surface area contributed by atoms with Crippen LogP contribution in [0, 0.1) is 0 Å². The van der Waals surface area contributed by atoms with Gasteiger partial charge in [-0.05, 0) is 36.6 Å². The van der Waals surface area contributed by atoms with Crippen LogP contribution in [0.15, 0.2) is 30.3 Å². The number of rotatable bonds is 6. The second-order valence-electron chi connectivity index (χ2n) is 6.15. The molecule has 0 saturated heterocycles. The second kappa shape index (κ2) is 7.45. The summed E-state index contributed by atoms with van der Waals surface area (Å²) in [4.78, 5) is 0. The van der Waals surface area contributed by atoms with Crippen LogP contribution in [-0.2, 0) is 12.8 Å². The number of halogens is 1. The number of nitrogens with two attached hydrogens (primary N) is 1. The summed E-state index contributed by atoms with van der Waals surface area (Å²) in [5.74, 6) is 1.75. The molecule has 2 aromatic carbocycles. The highest BCUT2D eigenvalue weighted by Crippen LogP contribution is 2.44. The molecule has 1 unspecified atom stereocenters. The molecule has 2 aromatic rings. The van der Waals surface area contributed by atoms with E-state index >= 15 is 0 Å². The maximum atomic E-state index is 6.55. The smallest absolute Gasteiger partial charge is 0.131 e. The van der Waals surface area contributed by atoms with Gasteiger partial charge in [-0.2, -0.15) is 0 Å². The zero-order valence-corrected chi connectivity index (χ0v) is 15.0. The molecule has 0 fully saturated rings. The molecule has 24 heavy (non-hydrogen) atoms. The molecule has 0 radical (unpaired) electrons. The van der Waals surface area contributed by atoms with Crippen LogP contribution < -0.4 is 15.2 Å². The molecule has 128 valence electrons. The van der Waals surface area contributed by atoms with Crippen molar-refractivity contribution in [2.45, 2.75) is 39.2 Å². The first-order valence-corrected chi connectivity index (χ1v) is 8.99. The molecule has 0 saturated carbocycles. The van der Waals surface area contributed by atoms with Crippen LogP contribution in [0.2, 0.25) is 5.02 Å². The van der Waals surface area contributed by atoms with Crippen LogP contribution in [0.5, 0.6) is 11.5 Å². The van der Waals surface area contributed by atoms with Gasteiger partial charge in [0.25, 0.3) is 0 Å². The van der Waals surface area contributed by atoms with Crippen molar-refractivity contribution in [1.29, 1.82) is 0 Å². The third-order valence-corrected chi connectivity index (χ3v) is 4.65. The van der Waals surface area contributed by atoms with E-state index in [-0.39, 0.29) is 6.10 Å². The van der Waals surface area contributed by atoms with Gasteiger partial charge in [0.15, 0.2) is 0 Å². The topological polar surface area (TPSA) is 44.5 Å². The molecule has 1 aliphatic heterocycles. The van der Waals surface area contributed by atoms with Crippen molar-refractivity contribution in [2.24, 2.45) is 5.73 Å². The molecule has 1 atom stereocenters. The van der Waals surface area contributed by atoms with E-state index in [1.165, 1.54) is 5.56 Å². The summed E-state index contributed by atoms with van der Waals surface area (Å²) in [6.07, 6.45) is 2.77. The normalized spacial score (nSPS) is 15.9. The first kappa shape index (κ1) is 17.1. The van der Waals surface area contributed by atoms with Crippen LogP contribution in [0.1, 0.15) is 31.4 Å². The van der Waals surface area contributed by atoms with Crippen molar-refractivity contribution in [1.82, 2.24) is 0 Å². The Morgan fingerprint density at radius 1 is 1.21 bits per heavy atom. The van der Waals surface area contributed by atoms with Crippen molar-refractivity contribution in [3.05, 3.63) is 46.5 Å². The van der Waals surface area contributed by atoms with Gasteiger partial charge in [0.05, 0.1) is 6.61 Å². The first-order valence-electron chi connectivity index (χ1n) is 8.61. The summed E-state index contributed by atoms with van der Waals surface area (Å²) in [6.45, 7) is 5.42. The van der Waals surface area contributed by atoms with Gasteiger partial charge < -0.3 is 15.2 Å².